The van der Waals surface area contributed by atoms with Gasteiger partial charge in [-0.3, -0.25) is 9.59 Å². The number of rotatable bonds is 3. The van der Waals surface area contributed by atoms with Crippen LogP contribution in [0, 0.1) is 5.41 Å². The first kappa shape index (κ1) is 22.8. The van der Waals surface area contributed by atoms with Crippen molar-refractivity contribution in [1.29, 1.82) is 0 Å². The predicted octanol–water partition coefficient (Wildman–Crippen LogP) is 5.23. The summed E-state index contributed by atoms with van der Waals surface area (Å²) in [7, 11) is -3.78. The maximum atomic E-state index is 13.1. The van der Waals surface area contributed by atoms with Crippen molar-refractivity contribution < 1.29 is 31.2 Å². The number of amides is 1. The Hall–Kier alpha value is -1.91. The van der Waals surface area contributed by atoms with Crippen molar-refractivity contribution in [1.82, 2.24) is 0 Å². The average Bonchev–Trinajstić information content (AvgIpc) is 2.94. The number of fused-ring (bicyclic) bond motifs is 1. The molecule has 3 rings (SSSR count). The van der Waals surface area contributed by atoms with Gasteiger partial charge >= 0.3 is 6.18 Å². The van der Waals surface area contributed by atoms with Crippen LogP contribution in [0.5, 0.6) is 0 Å². The van der Waals surface area contributed by atoms with Gasteiger partial charge in [0.1, 0.15) is 4.21 Å². The summed E-state index contributed by atoms with van der Waals surface area (Å²) in [5, 5.41) is 1.85. The maximum absolute atomic E-state index is 13.1. The molecular formula is C19H17ClF3NO4S2. The summed E-state index contributed by atoms with van der Waals surface area (Å²) < 4.78 is 63.4. The lowest BCUT2D eigenvalue weighted by atomic mass is 9.74. The number of Topliss-reactive ketones (excluding diaryl/α,β-unsaturated/α-hetero) is 1. The zero-order valence-electron chi connectivity index (χ0n) is 16.1. The lowest BCUT2D eigenvalue weighted by molar-refractivity contribution is -0.137. The van der Waals surface area contributed by atoms with E-state index in [9.17, 15) is 31.2 Å². The number of benzene rings is 1. The van der Waals surface area contributed by atoms with Crippen molar-refractivity contribution in [2.75, 3.05) is 11.6 Å². The predicted molar refractivity (Wildman–Crippen MR) is 108 cm³/mol. The first-order chi connectivity index (χ1) is 13.6. The molecule has 0 saturated carbocycles. The van der Waals surface area contributed by atoms with E-state index in [4.69, 9.17) is 11.6 Å². The molecule has 1 N–H and O–H groups in total. The molecule has 0 atom stereocenters. The van der Waals surface area contributed by atoms with E-state index in [2.05, 4.69) is 5.32 Å². The molecule has 1 amide bonds. The van der Waals surface area contributed by atoms with Crippen molar-refractivity contribution in [3.8, 4) is 0 Å². The number of carbonyl (C=O) groups is 2. The average molecular weight is 480 g/mol. The summed E-state index contributed by atoms with van der Waals surface area (Å²) in [6, 6.07) is 2.92. The van der Waals surface area contributed by atoms with Crippen molar-refractivity contribution >= 4 is 50.2 Å². The van der Waals surface area contributed by atoms with Crippen LogP contribution in [0.25, 0.3) is 0 Å². The van der Waals surface area contributed by atoms with Gasteiger partial charge in [-0.05, 0) is 35.6 Å². The molecule has 0 spiro atoms. The Bertz CT molecular complexity index is 1170. The van der Waals surface area contributed by atoms with E-state index in [1.807, 2.05) is 13.8 Å². The second-order valence-corrected chi connectivity index (χ2v) is 11.6. The number of carbonyl (C=O) groups excluding carboxylic acids is 2. The maximum Gasteiger partial charge on any atom is 0.417 e. The smallest absolute Gasteiger partial charge is 0.321 e. The zero-order chi connectivity index (χ0) is 22.6. The minimum Gasteiger partial charge on any atom is -0.321 e. The highest BCUT2D eigenvalue weighted by Crippen LogP contribution is 2.43. The number of hydrogen-bond donors (Lipinski definition) is 1. The number of ketones is 1. The molecule has 2 aromatic rings. The third-order valence-electron chi connectivity index (χ3n) is 4.62. The van der Waals surface area contributed by atoms with Gasteiger partial charge in [0.15, 0.2) is 15.6 Å². The second kappa shape index (κ2) is 7.35. The molecule has 1 aliphatic carbocycles. The van der Waals surface area contributed by atoms with Crippen molar-refractivity contribution in [3.05, 3.63) is 44.8 Å². The fraction of sp³-hybridized carbons (Fsp3) is 0.368. The summed E-state index contributed by atoms with van der Waals surface area (Å²) in [6.45, 7) is 3.64. The number of hydrogen-bond acceptors (Lipinski definition) is 5. The van der Waals surface area contributed by atoms with E-state index >= 15 is 0 Å². The van der Waals surface area contributed by atoms with E-state index < -0.39 is 37.9 Å². The van der Waals surface area contributed by atoms with Crippen LogP contribution in [0.4, 0.5) is 18.9 Å². The van der Waals surface area contributed by atoms with Crippen LogP contribution in [-0.2, 0) is 22.4 Å². The van der Waals surface area contributed by atoms with E-state index in [0.717, 1.165) is 12.3 Å². The molecule has 1 aromatic heterocycles. The summed E-state index contributed by atoms with van der Waals surface area (Å²) >= 11 is 6.25. The van der Waals surface area contributed by atoms with Gasteiger partial charge in [-0.25, -0.2) is 8.42 Å². The quantitative estimate of drug-likeness (QED) is 0.653. The highest BCUT2D eigenvalue weighted by atomic mass is 35.5. The van der Waals surface area contributed by atoms with Crippen LogP contribution in [-0.4, -0.2) is 26.4 Å². The van der Waals surface area contributed by atoms with Gasteiger partial charge in [0.25, 0.3) is 5.91 Å². The standard InChI is InChI=1S/C19H17ClF3NO4S2/c1-18(2)7-10-14(13(25)8-18)17(30(3,27)28)29-15(10)16(26)24-9-4-5-12(20)11(6-9)19(21,22)23/h4-6H,7-8H2,1-3H3,(H,24,26). The molecule has 0 bridgehead atoms. The molecule has 11 heteroatoms. The SMILES string of the molecule is CC1(C)CC(=O)c2c(S(C)(=O)=O)sc(C(=O)Nc3ccc(Cl)c(C(F)(F)F)c3)c2C1. The molecular weight excluding hydrogens is 463 g/mol. The van der Waals surface area contributed by atoms with Gasteiger partial charge in [-0.1, -0.05) is 25.4 Å². The van der Waals surface area contributed by atoms with E-state index in [1.54, 1.807) is 0 Å². The lowest BCUT2D eigenvalue weighted by Crippen LogP contribution is -2.28. The topological polar surface area (TPSA) is 80.3 Å². The molecule has 1 aliphatic rings. The molecule has 0 unspecified atom stereocenters. The Morgan fingerprint density at radius 2 is 1.87 bits per heavy atom. The molecule has 5 nitrogen and oxygen atoms in total. The number of alkyl halides is 3. The zero-order valence-corrected chi connectivity index (χ0v) is 18.5. The molecule has 1 aromatic carbocycles. The largest absolute Gasteiger partial charge is 0.417 e. The number of halogens is 4. The Labute approximate surface area is 180 Å². The first-order valence-corrected chi connectivity index (χ1v) is 11.8. The number of anilines is 1. The fourth-order valence-corrected chi connectivity index (χ4v) is 6.06. The number of sulfone groups is 1. The minimum atomic E-state index is -4.71. The molecule has 162 valence electrons. The molecule has 1 heterocycles. The first-order valence-electron chi connectivity index (χ1n) is 8.67. The van der Waals surface area contributed by atoms with Gasteiger partial charge in [-0.15, -0.1) is 11.3 Å². The van der Waals surface area contributed by atoms with Crippen molar-refractivity contribution in [2.24, 2.45) is 5.41 Å². The Balaban J connectivity index is 2.07. The van der Waals surface area contributed by atoms with Crippen LogP contribution in [0.1, 0.15) is 51.4 Å². The van der Waals surface area contributed by atoms with Crippen molar-refractivity contribution in [2.45, 2.75) is 37.1 Å². The van der Waals surface area contributed by atoms with Crippen LogP contribution < -0.4 is 5.32 Å². The summed E-state index contributed by atoms with van der Waals surface area (Å²) in [6.07, 6.45) is -3.34. The highest BCUT2D eigenvalue weighted by molar-refractivity contribution is 7.92. The summed E-state index contributed by atoms with van der Waals surface area (Å²) in [5.74, 6) is -1.16. The Morgan fingerprint density at radius 1 is 1.23 bits per heavy atom. The molecule has 0 aliphatic heterocycles. The fourth-order valence-electron chi connectivity index (χ4n) is 3.41. The Morgan fingerprint density at radius 3 is 2.43 bits per heavy atom. The molecule has 0 fully saturated rings. The number of thiophene rings is 1. The van der Waals surface area contributed by atoms with Crippen molar-refractivity contribution in [3.63, 3.8) is 0 Å². The van der Waals surface area contributed by atoms with Crippen LogP contribution >= 0.6 is 22.9 Å². The minimum absolute atomic E-state index is 0.00458. The van der Waals surface area contributed by atoms with Gasteiger partial charge < -0.3 is 5.32 Å². The van der Waals surface area contributed by atoms with Gasteiger partial charge in [-0.2, -0.15) is 13.2 Å². The van der Waals surface area contributed by atoms with Crippen LogP contribution in [0.15, 0.2) is 22.4 Å². The second-order valence-electron chi connectivity index (χ2n) is 7.93. The van der Waals surface area contributed by atoms with E-state index in [0.29, 0.717) is 23.0 Å². The van der Waals surface area contributed by atoms with Gasteiger partial charge in [0.2, 0.25) is 0 Å². The molecule has 0 radical (unpaired) electrons. The Kier molecular flexibility index (Phi) is 5.58. The van der Waals surface area contributed by atoms with Gasteiger partial charge in [0, 0.05) is 18.4 Å². The molecule has 30 heavy (non-hydrogen) atoms. The number of nitrogens with one attached hydrogen (secondary N) is 1. The third-order valence-corrected chi connectivity index (χ3v) is 8.01. The monoisotopic (exact) mass is 479 g/mol. The van der Waals surface area contributed by atoms with Crippen LogP contribution in [0.3, 0.4) is 0 Å². The highest BCUT2D eigenvalue weighted by Gasteiger charge is 2.40. The third kappa shape index (κ3) is 4.40. The summed E-state index contributed by atoms with van der Waals surface area (Å²) in [5.41, 5.74) is -1.42. The van der Waals surface area contributed by atoms with Gasteiger partial charge in [0.05, 0.1) is 21.0 Å². The van der Waals surface area contributed by atoms with E-state index in [-0.39, 0.29) is 39.0 Å². The van der Waals surface area contributed by atoms with E-state index in [1.165, 1.54) is 6.07 Å². The normalized spacial score (nSPS) is 16.3. The molecule has 0 saturated heterocycles. The summed E-state index contributed by atoms with van der Waals surface area (Å²) in [4.78, 5) is 25.5. The van der Waals surface area contributed by atoms with Crippen LogP contribution in [0.2, 0.25) is 5.02 Å². The lowest BCUT2D eigenvalue weighted by Gasteiger charge is -2.29.